The fraction of sp³-hybridized carbons (Fsp3) is 0.564. The van der Waals surface area contributed by atoms with E-state index >= 15 is 0 Å². The summed E-state index contributed by atoms with van der Waals surface area (Å²) in [6.45, 7) is 13.2. The number of hydrogen-bond donors (Lipinski definition) is 6. The van der Waals surface area contributed by atoms with Crippen molar-refractivity contribution in [1.82, 2.24) is 26.6 Å². The quantitative estimate of drug-likeness (QED) is 0.154. The van der Waals surface area contributed by atoms with Crippen LogP contribution in [0.1, 0.15) is 85.3 Å². The summed E-state index contributed by atoms with van der Waals surface area (Å²) in [4.78, 5) is 66.5. The predicted molar refractivity (Wildman–Crippen MR) is 195 cm³/mol. The number of carbonyl (C=O) groups is 5. The molecule has 0 bridgehead atoms. The first-order valence-corrected chi connectivity index (χ1v) is 17.9. The lowest BCUT2D eigenvalue weighted by Gasteiger charge is -2.29. The Balaban J connectivity index is 1.71. The van der Waals surface area contributed by atoms with Crippen molar-refractivity contribution < 1.29 is 33.8 Å². The molecular weight excluding hydrogens is 650 g/mol. The maximum absolute atomic E-state index is 13.9. The number of aliphatic hydroxyl groups excluding tert-OH is 1. The van der Waals surface area contributed by atoms with Crippen LogP contribution in [-0.4, -0.2) is 70.6 Å². The predicted octanol–water partition coefficient (Wildman–Crippen LogP) is 3.76. The first-order valence-electron chi connectivity index (χ1n) is 17.9. The van der Waals surface area contributed by atoms with Crippen LogP contribution < -0.4 is 26.6 Å². The van der Waals surface area contributed by atoms with Gasteiger partial charge in [0.15, 0.2) is 0 Å². The molecule has 1 aliphatic rings. The van der Waals surface area contributed by atoms with Crippen molar-refractivity contribution >= 4 is 29.7 Å². The zero-order valence-electron chi connectivity index (χ0n) is 31.0. The molecule has 12 nitrogen and oxygen atoms in total. The molecule has 280 valence electrons. The van der Waals surface area contributed by atoms with Crippen molar-refractivity contribution in [2.75, 3.05) is 0 Å². The summed E-state index contributed by atoms with van der Waals surface area (Å²) in [6, 6.07) is 14.8. The van der Waals surface area contributed by atoms with Gasteiger partial charge in [0.25, 0.3) is 0 Å². The van der Waals surface area contributed by atoms with Crippen LogP contribution in [0.3, 0.4) is 0 Å². The van der Waals surface area contributed by atoms with Gasteiger partial charge in [-0.2, -0.15) is 0 Å². The molecule has 2 aromatic rings. The van der Waals surface area contributed by atoms with Crippen molar-refractivity contribution in [1.29, 1.82) is 0 Å². The molecule has 0 spiro atoms. The second kappa shape index (κ2) is 19.2. The normalized spacial score (nSPS) is 19.1. The van der Waals surface area contributed by atoms with E-state index in [1.54, 1.807) is 13.8 Å². The molecule has 3 unspecified atom stereocenters. The van der Waals surface area contributed by atoms with Crippen LogP contribution in [0.5, 0.6) is 0 Å². The van der Waals surface area contributed by atoms with Gasteiger partial charge in [0.05, 0.1) is 12.1 Å². The highest BCUT2D eigenvalue weighted by Crippen LogP contribution is 2.29. The Kier molecular flexibility index (Phi) is 15.5. The van der Waals surface area contributed by atoms with Gasteiger partial charge in [-0.25, -0.2) is 4.79 Å². The molecule has 0 aromatic heterocycles. The number of rotatable bonds is 16. The third-order valence-corrected chi connectivity index (χ3v) is 8.72. The smallest absolute Gasteiger partial charge is 0.408 e. The van der Waals surface area contributed by atoms with E-state index in [0.717, 1.165) is 11.1 Å². The Hall–Kier alpha value is -4.45. The van der Waals surface area contributed by atoms with Crippen LogP contribution in [0.2, 0.25) is 0 Å². The molecule has 1 aliphatic carbocycles. The van der Waals surface area contributed by atoms with E-state index in [1.807, 2.05) is 95.3 Å². The van der Waals surface area contributed by atoms with Crippen LogP contribution in [0.4, 0.5) is 4.79 Å². The molecule has 1 saturated carbocycles. The Bertz CT molecular complexity index is 1440. The van der Waals surface area contributed by atoms with E-state index in [9.17, 15) is 29.1 Å². The van der Waals surface area contributed by atoms with Crippen LogP contribution >= 0.6 is 0 Å². The summed E-state index contributed by atoms with van der Waals surface area (Å²) in [5.41, 5.74) is 1.12. The summed E-state index contributed by atoms with van der Waals surface area (Å²) >= 11 is 0. The summed E-state index contributed by atoms with van der Waals surface area (Å²) in [5, 5.41) is 25.1. The molecule has 6 N–H and O–H groups in total. The van der Waals surface area contributed by atoms with E-state index in [1.165, 1.54) is 0 Å². The van der Waals surface area contributed by atoms with E-state index < -0.39 is 59.6 Å². The minimum atomic E-state index is -1.05. The fourth-order valence-corrected chi connectivity index (χ4v) is 6.16. The van der Waals surface area contributed by atoms with Crippen LogP contribution in [0.15, 0.2) is 60.7 Å². The zero-order chi connectivity index (χ0) is 37.7. The average Bonchev–Trinajstić information content (AvgIpc) is 3.39. The maximum atomic E-state index is 13.9. The summed E-state index contributed by atoms with van der Waals surface area (Å²) in [6.07, 6.45) is -0.196. The van der Waals surface area contributed by atoms with E-state index in [0.29, 0.717) is 19.3 Å². The van der Waals surface area contributed by atoms with Crippen LogP contribution in [-0.2, 0) is 36.9 Å². The number of nitrogens with one attached hydrogen (secondary N) is 5. The Morgan fingerprint density at radius 2 is 1.39 bits per heavy atom. The van der Waals surface area contributed by atoms with Crippen molar-refractivity contribution in [3.05, 3.63) is 71.8 Å². The van der Waals surface area contributed by atoms with E-state index in [-0.39, 0.29) is 43.1 Å². The molecule has 0 aliphatic heterocycles. The van der Waals surface area contributed by atoms with Crippen LogP contribution in [0, 0.1) is 17.8 Å². The highest BCUT2D eigenvalue weighted by atomic mass is 16.5. The summed E-state index contributed by atoms with van der Waals surface area (Å²) < 4.78 is 5.34. The topological polar surface area (TPSA) is 175 Å². The molecule has 3 rings (SSSR count). The molecule has 0 radical (unpaired) electrons. The molecular formula is C39H57N5O7. The SMILES string of the molecule is CC(C)C[C@H](NC(=O)CC1CCC(O)C1NC(=O)[C@H](Cc1ccccc1)NC(=O)[C@@H](NC(=O)OCc1ccccc1)C(C)C)C(=O)NC(C)(C)C. The lowest BCUT2D eigenvalue weighted by molar-refractivity contribution is -0.132. The minimum absolute atomic E-state index is 0.000449. The Labute approximate surface area is 302 Å². The second-order valence-corrected chi connectivity index (χ2v) is 15.3. The molecule has 0 saturated heterocycles. The number of amides is 5. The lowest BCUT2D eigenvalue weighted by Crippen LogP contribution is -2.58. The Morgan fingerprint density at radius 3 is 1.96 bits per heavy atom. The highest BCUT2D eigenvalue weighted by Gasteiger charge is 2.39. The maximum Gasteiger partial charge on any atom is 0.408 e. The molecule has 6 atom stereocenters. The molecule has 51 heavy (non-hydrogen) atoms. The van der Waals surface area contributed by atoms with Crippen molar-refractivity contribution in [2.45, 2.75) is 123 Å². The average molecular weight is 708 g/mol. The molecule has 5 amide bonds. The van der Waals surface area contributed by atoms with Crippen molar-refractivity contribution in [3.63, 3.8) is 0 Å². The van der Waals surface area contributed by atoms with Gasteiger partial charge in [-0.05, 0) is 68.9 Å². The molecule has 2 aromatic carbocycles. The number of alkyl carbamates (subject to hydrolysis) is 1. The standard InChI is InChI=1S/C39H57N5O7/c1-24(2)20-29(36(48)44-39(5,6)7)40-32(46)22-28-18-19-31(45)34(28)42-35(47)30(21-26-14-10-8-11-15-26)41-37(49)33(25(3)4)43-38(50)51-23-27-16-12-9-13-17-27/h8-17,24-25,28-31,33-34,45H,18-23H2,1-7H3,(H,40,46)(H,41,49)(H,42,47)(H,43,50)(H,44,48)/t28?,29-,30-,31?,33-,34?/m0/s1. The third kappa shape index (κ3) is 14.0. The van der Waals surface area contributed by atoms with Crippen LogP contribution in [0.25, 0.3) is 0 Å². The van der Waals surface area contributed by atoms with E-state index in [4.69, 9.17) is 4.74 Å². The molecule has 1 fully saturated rings. The third-order valence-electron chi connectivity index (χ3n) is 8.72. The number of aliphatic hydroxyl groups is 1. The van der Waals surface area contributed by atoms with Crippen molar-refractivity contribution in [2.24, 2.45) is 17.8 Å². The number of hydrogen-bond acceptors (Lipinski definition) is 7. The van der Waals surface area contributed by atoms with Gasteiger partial charge < -0.3 is 36.4 Å². The van der Waals surface area contributed by atoms with Gasteiger partial charge in [0.2, 0.25) is 23.6 Å². The first kappa shape index (κ1) is 41.0. The number of ether oxygens (including phenoxy) is 1. The van der Waals surface area contributed by atoms with Gasteiger partial charge in [-0.15, -0.1) is 0 Å². The second-order valence-electron chi connectivity index (χ2n) is 15.3. The van der Waals surface area contributed by atoms with Gasteiger partial charge in [0.1, 0.15) is 24.7 Å². The van der Waals surface area contributed by atoms with Gasteiger partial charge in [-0.1, -0.05) is 88.4 Å². The Morgan fingerprint density at radius 1 is 0.784 bits per heavy atom. The van der Waals surface area contributed by atoms with E-state index in [2.05, 4.69) is 26.6 Å². The monoisotopic (exact) mass is 707 g/mol. The summed E-state index contributed by atoms with van der Waals surface area (Å²) in [7, 11) is 0. The minimum Gasteiger partial charge on any atom is -0.445 e. The highest BCUT2D eigenvalue weighted by molar-refractivity contribution is 5.92. The molecule has 0 heterocycles. The lowest BCUT2D eigenvalue weighted by atomic mass is 9.96. The molecule has 12 heteroatoms. The number of carbonyl (C=O) groups excluding carboxylic acids is 5. The fourth-order valence-electron chi connectivity index (χ4n) is 6.16. The van der Waals surface area contributed by atoms with Gasteiger partial charge in [-0.3, -0.25) is 19.2 Å². The van der Waals surface area contributed by atoms with Gasteiger partial charge >= 0.3 is 6.09 Å². The van der Waals surface area contributed by atoms with Gasteiger partial charge in [0, 0.05) is 18.4 Å². The first-order chi connectivity index (χ1) is 24.0. The number of benzene rings is 2. The van der Waals surface area contributed by atoms with Crippen molar-refractivity contribution in [3.8, 4) is 0 Å². The summed E-state index contributed by atoms with van der Waals surface area (Å²) in [5.74, 6) is -2.28. The zero-order valence-corrected chi connectivity index (χ0v) is 31.0. The largest absolute Gasteiger partial charge is 0.445 e.